The Bertz CT molecular complexity index is 358. The normalized spacial score (nSPS) is 10.6. The van der Waals surface area contributed by atoms with Crippen molar-refractivity contribution in [2.24, 2.45) is 0 Å². The van der Waals surface area contributed by atoms with Crippen molar-refractivity contribution in [2.75, 3.05) is 0 Å². The highest BCUT2D eigenvalue weighted by Crippen LogP contribution is 2.13. The van der Waals surface area contributed by atoms with Gasteiger partial charge in [-0.2, -0.15) is 13.2 Å². The second-order valence-electron chi connectivity index (χ2n) is 3.02. The average molecular weight is 238 g/mol. The van der Waals surface area contributed by atoms with Crippen LogP contribution in [0.2, 0.25) is 0 Å². The number of nitrogens with zero attached hydrogens (tertiary/aromatic N) is 2. The fraction of sp³-hybridized carbons (Fsp3) is 0.556. The summed E-state index contributed by atoms with van der Waals surface area (Å²) in [7, 11) is 0. The number of carbonyl (C=O) groups is 1. The molecule has 0 atom stereocenters. The third-order valence-corrected chi connectivity index (χ3v) is 1.68. The second kappa shape index (κ2) is 5.53. The largest absolute Gasteiger partial charge is 0.490 e. The monoisotopic (exact) mass is 238 g/mol. The van der Waals surface area contributed by atoms with Crippen LogP contribution in [0.25, 0.3) is 0 Å². The van der Waals surface area contributed by atoms with Crippen LogP contribution < -0.4 is 0 Å². The number of carboxylic acids is 1. The lowest BCUT2D eigenvalue weighted by atomic mass is 10.6. The van der Waals surface area contributed by atoms with Crippen LogP contribution in [0.5, 0.6) is 0 Å². The SMILES string of the molecule is CCn1cc(C)nc1C.O=C(O)C(F)(F)F. The Morgan fingerprint density at radius 2 is 1.94 bits per heavy atom. The molecule has 0 aliphatic carbocycles. The molecule has 0 bridgehead atoms. The number of hydrogen-bond donors (Lipinski definition) is 1. The lowest BCUT2D eigenvalue weighted by Gasteiger charge is -1.95. The highest BCUT2D eigenvalue weighted by molar-refractivity contribution is 5.73. The summed E-state index contributed by atoms with van der Waals surface area (Å²) in [6.45, 7) is 7.18. The minimum Gasteiger partial charge on any atom is -0.475 e. The number of rotatable bonds is 1. The fourth-order valence-corrected chi connectivity index (χ4v) is 0.987. The highest BCUT2D eigenvalue weighted by Gasteiger charge is 2.38. The molecule has 0 unspecified atom stereocenters. The molecule has 7 heteroatoms. The maximum absolute atomic E-state index is 10.6. The van der Waals surface area contributed by atoms with Crippen molar-refractivity contribution in [3.8, 4) is 0 Å². The molecule has 0 aromatic carbocycles. The van der Waals surface area contributed by atoms with Crippen LogP contribution in [-0.4, -0.2) is 26.8 Å². The maximum atomic E-state index is 10.6. The van der Waals surface area contributed by atoms with Crippen LogP contribution in [0.15, 0.2) is 6.20 Å². The van der Waals surface area contributed by atoms with Gasteiger partial charge in [0.25, 0.3) is 0 Å². The van der Waals surface area contributed by atoms with Gasteiger partial charge in [-0.1, -0.05) is 0 Å². The first kappa shape index (κ1) is 14.5. The van der Waals surface area contributed by atoms with E-state index in [1.165, 1.54) is 0 Å². The van der Waals surface area contributed by atoms with Gasteiger partial charge in [-0.05, 0) is 20.8 Å². The summed E-state index contributed by atoms with van der Waals surface area (Å²) in [6, 6.07) is 0. The number of alkyl halides is 3. The van der Waals surface area contributed by atoms with E-state index in [2.05, 4.69) is 22.7 Å². The van der Waals surface area contributed by atoms with E-state index < -0.39 is 12.1 Å². The van der Waals surface area contributed by atoms with Gasteiger partial charge in [-0.25, -0.2) is 9.78 Å². The molecule has 0 radical (unpaired) electrons. The number of halogens is 3. The van der Waals surface area contributed by atoms with Crippen molar-refractivity contribution in [3.63, 3.8) is 0 Å². The predicted octanol–water partition coefficient (Wildman–Crippen LogP) is 2.15. The van der Waals surface area contributed by atoms with Crippen LogP contribution in [-0.2, 0) is 11.3 Å². The van der Waals surface area contributed by atoms with Crippen molar-refractivity contribution in [1.82, 2.24) is 9.55 Å². The van der Waals surface area contributed by atoms with Crippen molar-refractivity contribution in [3.05, 3.63) is 17.7 Å². The Labute approximate surface area is 90.7 Å². The number of hydrogen-bond acceptors (Lipinski definition) is 2. The molecule has 1 aromatic heterocycles. The first-order valence-electron chi connectivity index (χ1n) is 4.49. The van der Waals surface area contributed by atoms with Gasteiger partial charge >= 0.3 is 12.1 Å². The van der Waals surface area contributed by atoms with Gasteiger partial charge in [-0.15, -0.1) is 0 Å². The van der Waals surface area contributed by atoms with Crippen molar-refractivity contribution in [2.45, 2.75) is 33.5 Å². The third-order valence-electron chi connectivity index (χ3n) is 1.68. The van der Waals surface area contributed by atoms with Gasteiger partial charge in [0.05, 0.1) is 5.69 Å². The van der Waals surface area contributed by atoms with E-state index in [-0.39, 0.29) is 0 Å². The van der Waals surface area contributed by atoms with E-state index >= 15 is 0 Å². The number of carboxylic acid groups (broad SMARTS) is 1. The Balaban J connectivity index is 0.000000293. The lowest BCUT2D eigenvalue weighted by Crippen LogP contribution is -2.21. The van der Waals surface area contributed by atoms with E-state index in [4.69, 9.17) is 9.90 Å². The molecular formula is C9H13F3N2O2. The zero-order chi connectivity index (χ0) is 12.9. The molecule has 1 N–H and O–H groups in total. The highest BCUT2D eigenvalue weighted by atomic mass is 19.4. The van der Waals surface area contributed by atoms with Gasteiger partial charge in [0.1, 0.15) is 5.82 Å². The first-order valence-corrected chi connectivity index (χ1v) is 4.49. The summed E-state index contributed by atoms with van der Waals surface area (Å²) >= 11 is 0. The van der Waals surface area contributed by atoms with E-state index in [9.17, 15) is 13.2 Å². The first-order chi connectivity index (χ1) is 7.18. The van der Waals surface area contributed by atoms with Gasteiger partial charge < -0.3 is 9.67 Å². The topological polar surface area (TPSA) is 55.1 Å². The second-order valence-corrected chi connectivity index (χ2v) is 3.02. The Morgan fingerprint density at radius 3 is 2.06 bits per heavy atom. The van der Waals surface area contributed by atoms with Crippen molar-refractivity contribution < 1.29 is 23.1 Å². The molecule has 1 heterocycles. The molecule has 0 amide bonds. The summed E-state index contributed by atoms with van der Waals surface area (Å²) in [5.74, 6) is -1.65. The van der Waals surface area contributed by atoms with Crippen LogP contribution in [0.4, 0.5) is 13.2 Å². The lowest BCUT2D eigenvalue weighted by molar-refractivity contribution is -0.192. The van der Waals surface area contributed by atoms with Gasteiger partial charge in [0, 0.05) is 12.7 Å². The molecule has 0 aliphatic heterocycles. The van der Waals surface area contributed by atoms with E-state index in [1.54, 1.807) is 0 Å². The van der Waals surface area contributed by atoms with Crippen LogP contribution in [0, 0.1) is 13.8 Å². The van der Waals surface area contributed by atoms with E-state index in [0.717, 1.165) is 18.1 Å². The van der Waals surface area contributed by atoms with Crippen molar-refractivity contribution >= 4 is 5.97 Å². The molecule has 92 valence electrons. The quantitative estimate of drug-likeness (QED) is 0.815. The van der Waals surface area contributed by atoms with E-state index in [1.807, 2.05) is 13.8 Å². The summed E-state index contributed by atoms with van der Waals surface area (Å²) < 4.78 is 33.9. The van der Waals surface area contributed by atoms with E-state index in [0.29, 0.717) is 0 Å². The van der Waals surface area contributed by atoms with Crippen LogP contribution in [0.1, 0.15) is 18.4 Å². The average Bonchev–Trinajstić information content (AvgIpc) is 2.44. The standard InChI is InChI=1S/C7H12N2.C2HF3O2/c1-4-9-5-6(2)8-7(9)3;3-2(4,5)1(6)7/h5H,4H2,1-3H3;(H,6,7). The number of imidazole rings is 1. The van der Waals surface area contributed by atoms with Gasteiger partial charge in [0.15, 0.2) is 0 Å². The Morgan fingerprint density at radius 1 is 1.50 bits per heavy atom. The summed E-state index contributed by atoms with van der Waals surface area (Å²) in [6.07, 6.45) is -3.02. The molecule has 0 saturated carbocycles. The van der Waals surface area contributed by atoms with Gasteiger partial charge in [-0.3, -0.25) is 0 Å². The molecule has 4 nitrogen and oxygen atoms in total. The maximum Gasteiger partial charge on any atom is 0.490 e. The third kappa shape index (κ3) is 4.81. The number of aromatic nitrogens is 2. The van der Waals surface area contributed by atoms with Gasteiger partial charge in [0.2, 0.25) is 0 Å². The smallest absolute Gasteiger partial charge is 0.475 e. The minimum atomic E-state index is -5.08. The zero-order valence-electron chi connectivity index (χ0n) is 9.17. The molecule has 0 spiro atoms. The Hall–Kier alpha value is -1.53. The molecule has 16 heavy (non-hydrogen) atoms. The zero-order valence-corrected chi connectivity index (χ0v) is 9.17. The molecular weight excluding hydrogens is 225 g/mol. The van der Waals surface area contributed by atoms with Crippen LogP contribution >= 0.6 is 0 Å². The predicted molar refractivity (Wildman–Crippen MR) is 51.1 cm³/mol. The summed E-state index contributed by atoms with van der Waals surface area (Å²) in [4.78, 5) is 13.1. The molecule has 0 saturated heterocycles. The Kier molecular flexibility index (Phi) is 5.00. The van der Waals surface area contributed by atoms with Crippen LogP contribution in [0.3, 0.4) is 0 Å². The number of aryl methyl sites for hydroxylation is 3. The molecule has 1 rings (SSSR count). The fourth-order valence-electron chi connectivity index (χ4n) is 0.987. The number of aliphatic carboxylic acids is 1. The molecule has 0 aliphatic rings. The summed E-state index contributed by atoms with van der Waals surface area (Å²) in [5.41, 5.74) is 1.11. The molecule has 1 aromatic rings. The summed E-state index contributed by atoms with van der Waals surface area (Å²) in [5, 5.41) is 7.12. The molecule has 0 fully saturated rings. The minimum absolute atomic E-state index is 1.02. The van der Waals surface area contributed by atoms with Crippen molar-refractivity contribution in [1.29, 1.82) is 0 Å².